The highest BCUT2D eigenvalue weighted by Crippen LogP contribution is 2.29. The van der Waals surface area contributed by atoms with E-state index in [9.17, 15) is 13.2 Å². The lowest BCUT2D eigenvalue weighted by atomic mass is 10.2. The predicted molar refractivity (Wildman–Crippen MR) is 123 cm³/mol. The summed E-state index contributed by atoms with van der Waals surface area (Å²) in [5.41, 5.74) is 1.46. The van der Waals surface area contributed by atoms with E-state index in [4.69, 9.17) is 11.6 Å². The quantitative estimate of drug-likeness (QED) is 0.383. The highest BCUT2D eigenvalue weighted by Gasteiger charge is 2.27. The van der Waals surface area contributed by atoms with Crippen LogP contribution in [0, 0.1) is 0 Å². The summed E-state index contributed by atoms with van der Waals surface area (Å²) in [5, 5.41) is 11.9. The van der Waals surface area contributed by atoms with Crippen molar-refractivity contribution in [1.82, 2.24) is 14.5 Å². The van der Waals surface area contributed by atoms with Gasteiger partial charge in [-0.2, -0.15) is 4.31 Å². The second-order valence-corrected chi connectivity index (χ2v) is 11.5. The van der Waals surface area contributed by atoms with E-state index >= 15 is 0 Å². The van der Waals surface area contributed by atoms with E-state index in [0.29, 0.717) is 34.6 Å². The number of thioether (sulfide) groups is 1. The molecule has 0 aliphatic carbocycles. The Morgan fingerprint density at radius 2 is 1.74 bits per heavy atom. The third kappa shape index (κ3) is 5.45. The molecule has 1 fully saturated rings. The molecule has 31 heavy (non-hydrogen) atoms. The van der Waals surface area contributed by atoms with Gasteiger partial charge in [0.05, 0.1) is 4.90 Å². The molecule has 2 aromatic carbocycles. The molecule has 4 rings (SSSR count). The zero-order valence-corrected chi connectivity index (χ0v) is 19.5. The van der Waals surface area contributed by atoms with Gasteiger partial charge < -0.3 is 0 Å². The molecule has 1 aromatic heterocycles. The molecule has 0 atom stereocenters. The van der Waals surface area contributed by atoms with Crippen molar-refractivity contribution in [1.29, 1.82) is 0 Å². The Balaban J connectivity index is 1.35. The van der Waals surface area contributed by atoms with Gasteiger partial charge in [-0.15, -0.1) is 10.2 Å². The number of benzene rings is 2. The first kappa shape index (κ1) is 22.2. The molecule has 2 heterocycles. The molecule has 11 heteroatoms. The van der Waals surface area contributed by atoms with E-state index < -0.39 is 10.0 Å². The van der Waals surface area contributed by atoms with Gasteiger partial charge in [0.15, 0.2) is 4.34 Å². The van der Waals surface area contributed by atoms with Crippen molar-refractivity contribution in [2.24, 2.45) is 0 Å². The number of sulfonamides is 1. The van der Waals surface area contributed by atoms with Gasteiger partial charge in [-0.05, 0) is 54.8 Å². The lowest BCUT2D eigenvalue weighted by Gasteiger charge is -2.15. The van der Waals surface area contributed by atoms with Gasteiger partial charge in [-0.25, -0.2) is 8.42 Å². The number of carbonyl (C=O) groups excluding carboxylic acids is 1. The van der Waals surface area contributed by atoms with Crippen LogP contribution in [-0.2, 0) is 15.8 Å². The molecule has 1 saturated heterocycles. The van der Waals surface area contributed by atoms with Gasteiger partial charge >= 0.3 is 0 Å². The average molecular weight is 495 g/mol. The summed E-state index contributed by atoms with van der Waals surface area (Å²) in [7, 11) is -3.50. The van der Waals surface area contributed by atoms with Crippen LogP contribution in [0.1, 0.15) is 28.8 Å². The van der Waals surface area contributed by atoms with E-state index in [1.165, 1.54) is 51.7 Å². The first-order chi connectivity index (χ1) is 14.9. The van der Waals surface area contributed by atoms with Crippen molar-refractivity contribution in [3.8, 4) is 0 Å². The molecule has 0 bridgehead atoms. The lowest BCUT2D eigenvalue weighted by molar-refractivity contribution is 0.102. The van der Waals surface area contributed by atoms with Crippen LogP contribution in [0.15, 0.2) is 57.8 Å². The van der Waals surface area contributed by atoms with Gasteiger partial charge in [0.25, 0.3) is 5.91 Å². The van der Waals surface area contributed by atoms with Crippen LogP contribution in [0.25, 0.3) is 0 Å². The Morgan fingerprint density at radius 3 is 2.42 bits per heavy atom. The third-order valence-corrected chi connectivity index (χ3v) is 8.93. The first-order valence-electron chi connectivity index (χ1n) is 9.54. The highest BCUT2D eigenvalue weighted by molar-refractivity contribution is 8.00. The van der Waals surface area contributed by atoms with Gasteiger partial charge in [0.1, 0.15) is 0 Å². The maximum Gasteiger partial charge on any atom is 0.257 e. The van der Waals surface area contributed by atoms with Crippen molar-refractivity contribution in [3.05, 3.63) is 64.7 Å². The smallest absolute Gasteiger partial charge is 0.257 e. The molecule has 3 aromatic rings. The van der Waals surface area contributed by atoms with Gasteiger partial charge in [-0.1, -0.05) is 46.8 Å². The van der Waals surface area contributed by atoms with Crippen LogP contribution in [0.3, 0.4) is 0 Å². The Labute approximate surface area is 193 Å². The first-order valence-corrected chi connectivity index (χ1v) is 13.2. The number of carbonyl (C=O) groups is 1. The molecular weight excluding hydrogens is 476 g/mol. The number of hydrogen-bond donors (Lipinski definition) is 1. The largest absolute Gasteiger partial charge is 0.296 e. The van der Waals surface area contributed by atoms with Crippen molar-refractivity contribution >= 4 is 55.8 Å². The van der Waals surface area contributed by atoms with Gasteiger partial charge in [0.2, 0.25) is 15.2 Å². The van der Waals surface area contributed by atoms with E-state index in [-0.39, 0.29) is 10.8 Å². The zero-order chi connectivity index (χ0) is 21.8. The Kier molecular flexibility index (Phi) is 6.92. The molecule has 7 nitrogen and oxygen atoms in total. The number of rotatable bonds is 7. The fourth-order valence-electron chi connectivity index (χ4n) is 3.07. The number of nitrogens with zero attached hydrogens (tertiary/aromatic N) is 3. The van der Waals surface area contributed by atoms with Crippen LogP contribution in [0.5, 0.6) is 0 Å². The topological polar surface area (TPSA) is 92.3 Å². The number of anilines is 1. The molecule has 0 saturated carbocycles. The van der Waals surface area contributed by atoms with Crippen molar-refractivity contribution in [3.63, 3.8) is 0 Å². The molecule has 0 radical (unpaired) electrons. The maximum absolute atomic E-state index is 12.6. The van der Waals surface area contributed by atoms with E-state index in [1.54, 1.807) is 0 Å². The van der Waals surface area contributed by atoms with E-state index in [0.717, 1.165) is 22.7 Å². The fraction of sp³-hybridized carbons (Fsp3) is 0.250. The van der Waals surface area contributed by atoms with Crippen LogP contribution in [0.2, 0.25) is 5.02 Å². The fourth-order valence-corrected chi connectivity index (χ4v) is 6.42. The lowest BCUT2D eigenvalue weighted by Crippen LogP contribution is -2.27. The molecule has 0 unspecified atom stereocenters. The monoisotopic (exact) mass is 494 g/mol. The molecule has 0 spiro atoms. The molecule has 162 valence electrons. The summed E-state index contributed by atoms with van der Waals surface area (Å²) in [5.74, 6) is 0.350. The minimum Gasteiger partial charge on any atom is -0.296 e. The summed E-state index contributed by atoms with van der Waals surface area (Å²) in [4.78, 5) is 12.7. The van der Waals surface area contributed by atoms with Crippen LogP contribution < -0.4 is 5.32 Å². The highest BCUT2D eigenvalue weighted by atomic mass is 35.5. The summed E-state index contributed by atoms with van der Waals surface area (Å²) in [6.07, 6.45) is 1.75. The number of aromatic nitrogens is 2. The van der Waals surface area contributed by atoms with Crippen LogP contribution in [-0.4, -0.2) is 41.9 Å². The average Bonchev–Trinajstić information content (AvgIpc) is 3.46. The number of halogens is 1. The van der Waals surface area contributed by atoms with E-state index in [2.05, 4.69) is 15.5 Å². The van der Waals surface area contributed by atoms with Crippen molar-refractivity contribution in [2.45, 2.75) is 27.8 Å². The molecule has 1 N–H and O–H groups in total. The maximum atomic E-state index is 12.6. The second-order valence-electron chi connectivity index (χ2n) is 6.88. The molecule has 1 aliphatic heterocycles. The predicted octanol–water partition coefficient (Wildman–Crippen LogP) is 4.52. The van der Waals surface area contributed by atoms with Gasteiger partial charge in [-0.3, -0.25) is 10.1 Å². The Hall–Kier alpha value is -1.98. The van der Waals surface area contributed by atoms with Crippen LogP contribution in [0.4, 0.5) is 5.13 Å². The second kappa shape index (κ2) is 9.66. The summed E-state index contributed by atoms with van der Waals surface area (Å²) in [6, 6.07) is 13.5. The van der Waals surface area contributed by atoms with E-state index in [1.807, 2.05) is 24.3 Å². The zero-order valence-electron chi connectivity index (χ0n) is 16.3. The third-order valence-electron chi connectivity index (χ3n) is 4.72. The number of nitrogens with one attached hydrogen (secondary N) is 1. The minimum absolute atomic E-state index is 0.197. The molecular formula is C20H19ClN4O3S3. The molecule has 1 amide bonds. The summed E-state index contributed by atoms with van der Waals surface area (Å²) < 4.78 is 27.4. The standard InChI is InChI=1S/C20H19ClN4O3S3/c21-16-7-3-14(4-8-16)13-29-20-24-23-19(30-20)22-18(26)15-5-9-17(10-6-15)31(27,28)25-11-1-2-12-25/h3-10H,1-2,11-13H2,(H,22,23,26). The molecule has 1 aliphatic rings. The summed E-state index contributed by atoms with van der Waals surface area (Å²) in [6.45, 7) is 1.08. The van der Waals surface area contributed by atoms with Crippen molar-refractivity contribution < 1.29 is 13.2 Å². The SMILES string of the molecule is O=C(Nc1nnc(SCc2ccc(Cl)cc2)s1)c1ccc(S(=O)(=O)N2CCCC2)cc1. The van der Waals surface area contributed by atoms with Gasteiger partial charge in [0, 0.05) is 29.4 Å². The Morgan fingerprint density at radius 1 is 1.06 bits per heavy atom. The van der Waals surface area contributed by atoms with Crippen molar-refractivity contribution in [2.75, 3.05) is 18.4 Å². The Bertz CT molecular complexity index is 1160. The van der Waals surface area contributed by atoms with Crippen LogP contribution >= 0.6 is 34.7 Å². The number of amides is 1. The normalized spacial score (nSPS) is 14.6. The minimum atomic E-state index is -3.50. The summed E-state index contributed by atoms with van der Waals surface area (Å²) >= 11 is 8.69. The number of hydrogen-bond acceptors (Lipinski definition) is 7.